The van der Waals surface area contributed by atoms with Crippen LogP contribution in [0.15, 0.2) is 66.9 Å². The third-order valence-corrected chi connectivity index (χ3v) is 5.49. The first-order valence-electron chi connectivity index (χ1n) is 11.3. The standard InChI is InChI=1S/C26H33N5O2/c1-29(2)17-18-31(20-21-11-6-4-7-12-21)25(33)16-10-15-24(32)28-26-27-19-23(30(26)3)22-13-8-5-9-14-22/h4-9,11-14,19H,10,15-18,20H2,1-3H3,(H,27,28,32). The summed E-state index contributed by atoms with van der Waals surface area (Å²) in [7, 11) is 5.87. The van der Waals surface area contributed by atoms with E-state index in [4.69, 9.17) is 0 Å². The largest absolute Gasteiger partial charge is 0.337 e. The van der Waals surface area contributed by atoms with Crippen LogP contribution in [0.1, 0.15) is 24.8 Å². The predicted octanol–water partition coefficient (Wildman–Crippen LogP) is 3.79. The van der Waals surface area contributed by atoms with Crippen molar-refractivity contribution in [1.82, 2.24) is 19.4 Å². The van der Waals surface area contributed by atoms with Crippen LogP contribution in [-0.2, 0) is 23.2 Å². The molecule has 1 aromatic heterocycles. The Hall–Kier alpha value is -3.45. The minimum Gasteiger partial charge on any atom is -0.337 e. The number of imidazole rings is 1. The summed E-state index contributed by atoms with van der Waals surface area (Å²) in [5, 5.41) is 2.86. The number of nitrogens with zero attached hydrogens (tertiary/aromatic N) is 4. The van der Waals surface area contributed by atoms with Gasteiger partial charge in [-0.1, -0.05) is 60.7 Å². The highest BCUT2D eigenvalue weighted by molar-refractivity contribution is 5.89. The van der Waals surface area contributed by atoms with E-state index < -0.39 is 0 Å². The number of anilines is 1. The Kier molecular flexibility index (Phi) is 8.78. The van der Waals surface area contributed by atoms with E-state index in [0.717, 1.165) is 23.4 Å². The maximum absolute atomic E-state index is 12.9. The molecule has 0 aliphatic carbocycles. The zero-order valence-electron chi connectivity index (χ0n) is 19.7. The molecule has 0 aliphatic heterocycles. The highest BCUT2D eigenvalue weighted by Crippen LogP contribution is 2.21. The van der Waals surface area contributed by atoms with Gasteiger partial charge in [-0.2, -0.15) is 0 Å². The molecular weight excluding hydrogens is 414 g/mol. The Balaban J connectivity index is 1.51. The van der Waals surface area contributed by atoms with Crippen LogP contribution in [0, 0.1) is 0 Å². The van der Waals surface area contributed by atoms with Gasteiger partial charge in [-0.3, -0.25) is 14.9 Å². The van der Waals surface area contributed by atoms with Crippen LogP contribution in [-0.4, -0.2) is 58.4 Å². The molecule has 7 nitrogen and oxygen atoms in total. The number of carbonyl (C=O) groups excluding carboxylic acids is 2. The highest BCUT2D eigenvalue weighted by Gasteiger charge is 2.16. The van der Waals surface area contributed by atoms with Crippen LogP contribution in [0.5, 0.6) is 0 Å². The molecule has 0 unspecified atom stereocenters. The summed E-state index contributed by atoms with van der Waals surface area (Å²) in [5.74, 6) is 0.428. The molecule has 1 heterocycles. The van der Waals surface area contributed by atoms with E-state index in [0.29, 0.717) is 31.9 Å². The number of carbonyl (C=O) groups is 2. The fourth-order valence-corrected chi connectivity index (χ4v) is 3.56. The van der Waals surface area contributed by atoms with Gasteiger partial charge in [0, 0.05) is 39.5 Å². The number of likely N-dealkylation sites (N-methyl/N-ethyl adjacent to an activating group) is 1. The topological polar surface area (TPSA) is 70.5 Å². The second kappa shape index (κ2) is 12.0. The van der Waals surface area contributed by atoms with Crippen LogP contribution in [0.2, 0.25) is 0 Å². The van der Waals surface area contributed by atoms with Crippen LogP contribution in [0.4, 0.5) is 5.95 Å². The Morgan fingerprint density at radius 2 is 1.61 bits per heavy atom. The van der Waals surface area contributed by atoms with Crippen molar-refractivity contribution in [2.24, 2.45) is 7.05 Å². The molecule has 0 radical (unpaired) electrons. The van der Waals surface area contributed by atoms with E-state index in [2.05, 4.69) is 15.2 Å². The number of hydrogen-bond donors (Lipinski definition) is 1. The number of benzene rings is 2. The molecule has 3 rings (SSSR count). The molecule has 33 heavy (non-hydrogen) atoms. The number of amides is 2. The molecule has 0 spiro atoms. The van der Waals surface area contributed by atoms with E-state index in [1.54, 1.807) is 6.20 Å². The van der Waals surface area contributed by atoms with E-state index in [1.165, 1.54) is 0 Å². The summed E-state index contributed by atoms with van der Waals surface area (Å²) >= 11 is 0. The van der Waals surface area contributed by atoms with E-state index in [9.17, 15) is 9.59 Å². The SMILES string of the molecule is CN(C)CCN(Cc1ccccc1)C(=O)CCCC(=O)Nc1ncc(-c2ccccc2)n1C. The Morgan fingerprint density at radius 3 is 2.27 bits per heavy atom. The average Bonchev–Trinajstić information content (AvgIpc) is 3.17. The molecule has 0 saturated carbocycles. The second-order valence-electron chi connectivity index (χ2n) is 8.40. The van der Waals surface area contributed by atoms with Gasteiger partial charge in [0.2, 0.25) is 17.8 Å². The van der Waals surface area contributed by atoms with E-state index >= 15 is 0 Å². The summed E-state index contributed by atoms with van der Waals surface area (Å²) in [5.41, 5.74) is 3.07. The number of rotatable bonds is 11. The summed E-state index contributed by atoms with van der Waals surface area (Å²) in [6.45, 7) is 2.03. The molecular formula is C26H33N5O2. The lowest BCUT2D eigenvalue weighted by Gasteiger charge is -2.24. The Morgan fingerprint density at radius 1 is 0.939 bits per heavy atom. The summed E-state index contributed by atoms with van der Waals surface area (Å²) in [6, 6.07) is 19.9. The molecule has 174 valence electrons. The normalized spacial score (nSPS) is 10.9. The highest BCUT2D eigenvalue weighted by atomic mass is 16.2. The van der Waals surface area contributed by atoms with Crippen molar-refractivity contribution in [2.75, 3.05) is 32.5 Å². The van der Waals surface area contributed by atoms with Gasteiger partial charge < -0.3 is 14.4 Å². The quantitative estimate of drug-likeness (QED) is 0.486. The minimum atomic E-state index is -0.140. The van der Waals surface area contributed by atoms with Gasteiger partial charge in [0.05, 0.1) is 11.9 Å². The molecule has 1 N–H and O–H groups in total. The maximum Gasteiger partial charge on any atom is 0.226 e. The summed E-state index contributed by atoms with van der Waals surface area (Å²) < 4.78 is 1.86. The van der Waals surface area contributed by atoms with Gasteiger partial charge in [-0.15, -0.1) is 0 Å². The van der Waals surface area contributed by atoms with Gasteiger partial charge in [-0.05, 0) is 31.6 Å². The Bertz CT molecular complexity index is 1030. The molecule has 0 fully saturated rings. The fourth-order valence-electron chi connectivity index (χ4n) is 3.56. The first-order valence-corrected chi connectivity index (χ1v) is 11.3. The lowest BCUT2D eigenvalue weighted by Crippen LogP contribution is -2.36. The van der Waals surface area contributed by atoms with Crippen molar-refractivity contribution < 1.29 is 9.59 Å². The number of aromatic nitrogens is 2. The Labute approximate surface area is 196 Å². The van der Waals surface area contributed by atoms with Crippen molar-refractivity contribution >= 4 is 17.8 Å². The molecule has 0 saturated heterocycles. The molecule has 2 amide bonds. The summed E-state index contributed by atoms with van der Waals surface area (Å²) in [4.78, 5) is 33.6. The minimum absolute atomic E-state index is 0.0665. The summed E-state index contributed by atoms with van der Waals surface area (Å²) in [6.07, 6.45) is 2.85. The third kappa shape index (κ3) is 7.29. The third-order valence-electron chi connectivity index (χ3n) is 5.49. The first kappa shape index (κ1) is 24.2. The first-order chi connectivity index (χ1) is 15.9. The fraction of sp³-hybridized carbons (Fsp3) is 0.346. The van der Waals surface area contributed by atoms with Gasteiger partial charge >= 0.3 is 0 Å². The number of nitrogens with one attached hydrogen (secondary N) is 1. The van der Waals surface area contributed by atoms with E-state index in [1.807, 2.05) is 91.3 Å². The average molecular weight is 448 g/mol. The predicted molar refractivity (Wildman–Crippen MR) is 132 cm³/mol. The van der Waals surface area contributed by atoms with Crippen molar-refractivity contribution in [3.05, 3.63) is 72.4 Å². The van der Waals surface area contributed by atoms with Crippen LogP contribution < -0.4 is 5.32 Å². The monoisotopic (exact) mass is 447 g/mol. The van der Waals surface area contributed by atoms with Crippen LogP contribution >= 0.6 is 0 Å². The van der Waals surface area contributed by atoms with Crippen LogP contribution in [0.3, 0.4) is 0 Å². The van der Waals surface area contributed by atoms with Gasteiger partial charge in [-0.25, -0.2) is 4.98 Å². The van der Waals surface area contributed by atoms with Crippen molar-refractivity contribution in [1.29, 1.82) is 0 Å². The smallest absolute Gasteiger partial charge is 0.226 e. The molecule has 2 aromatic carbocycles. The van der Waals surface area contributed by atoms with E-state index in [-0.39, 0.29) is 18.2 Å². The lowest BCUT2D eigenvalue weighted by atomic mass is 10.1. The number of hydrogen-bond acceptors (Lipinski definition) is 4. The zero-order valence-corrected chi connectivity index (χ0v) is 19.7. The second-order valence-corrected chi connectivity index (χ2v) is 8.40. The maximum atomic E-state index is 12.9. The lowest BCUT2D eigenvalue weighted by molar-refractivity contribution is -0.132. The van der Waals surface area contributed by atoms with Gasteiger partial charge in [0.25, 0.3) is 0 Å². The van der Waals surface area contributed by atoms with Crippen molar-refractivity contribution in [3.8, 4) is 11.3 Å². The zero-order chi connectivity index (χ0) is 23.6. The van der Waals surface area contributed by atoms with Crippen molar-refractivity contribution in [2.45, 2.75) is 25.8 Å². The van der Waals surface area contributed by atoms with Crippen LogP contribution in [0.25, 0.3) is 11.3 Å². The molecule has 7 heteroatoms. The molecule has 0 aliphatic rings. The molecule has 3 aromatic rings. The molecule has 0 bridgehead atoms. The van der Waals surface area contributed by atoms with Crippen molar-refractivity contribution in [3.63, 3.8) is 0 Å². The molecule has 0 atom stereocenters. The van der Waals surface area contributed by atoms with Gasteiger partial charge in [0.15, 0.2) is 0 Å². The van der Waals surface area contributed by atoms with Gasteiger partial charge in [0.1, 0.15) is 0 Å².